The van der Waals surface area contributed by atoms with E-state index in [9.17, 15) is 9.90 Å². The number of aromatic nitrogens is 2. The number of likely N-dealkylation sites (tertiary alicyclic amines) is 1. The number of aliphatic hydroxyl groups is 1. The van der Waals surface area contributed by atoms with E-state index in [0.717, 1.165) is 10.5 Å². The summed E-state index contributed by atoms with van der Waals surface area (Å²) in [6.45, 7) is 15.1. The molecular formula is C20H31N3O4SSi. The summed E-state index contributed by atoms with van der Waals surface area (Å²) in [6, 6.07) is -0.428. The van der Waals surface area contributed by atoms with Gasteiger partial charge in [0.25, 0.3) is 0 Å². The molecule has 1 unspecified atom stereocenters. The lowest BCUT2D eigenvalue weighted by Gasteiger charge is -2.38. The Balaban J connectivity index is 1.84. The standard InChI is InChI=1S/C20H31N3O4SSi/c1-7-8-26-19(25)22-11-14(27-29(5,6)20(2,3)4)9-15(22)18(24)16-12-28-17-10-21-13-23(16)17/h7,10,12-15,18,24H,1,8-9,11H2,2-6H3/t14-,15+,18?/m1/s1. The second-order valence-corrected chi connectivity index (χ2v) is 14.7. The van der Waals surface area contributed by atoms with Crippen molar-refractivity contribution in [1.82, 2.24) is 14.3 Å². The molecule has 3 rings (SSSR count). The van der Waals surface area contributed by atoms with Gasteiger partial charge in [0.15, 0.2) is 8.32 Å². The van der Waals surface area contributed by atoms with E-state index in [1.54, 1.807) is 17.4 Å². The highest BCUT2D eigenvalue weighted by molar-refractivity contribution is 7.15. The van der Waals surface area contributed by atoms with Crippen molar-refractivity contribution in [2.75, 3.05) is 13.2 Å². The molecule has 3 heterocycles. The maximum atomic E-state index is 12.7. The number of rotatable bonds is 6. The van der Waals surface area contributed by atoms with Gasteiger partial charge >= 0.3 is 6.09 Å². The van der Waals surface area contributed by atoms with Crippen molar-refractivity contribution in [3.05, 3.63) is 36.3 Å². The van der Waals surface area contributed by atoms with Gasteiger partial charge in [-0.15, -0.1) is 11.3 Å². The van der Waals surface area contributed by atoms with Gasteiger partial charge in [0.1, 0.15) is 23.9 Å². The van der Waals surface area contributed by atoms with Crippen molar-refractivity contribution in [3.63, 3.8) is 0 Å². The van der Waals surface area contributed by atoms with Crippen LogP contribution in [-0.2, 0) is 9.16 Å². The number of thiazole rings is 1. The Morgan fingerprint density at radius 3 is 2.90 bits per heavy atom. The van der Waals surface area contributed by atoms with Crippen molar-refractivity contribution in [1.29, 1.82) is 0 Å². The van der Waals surface area contributed by atoms with Crippen LogP contribution in [0.15, 0.2) is 30.6 Å². The summed E-state index contributed by atoms with van der Waals surface area (Å²) in [5.41, 5.74) is 0.724. The Morgan fingerprint density at radius 2 is 2.24 bits per heavy atom. The summed E-state index contributed by atoms with van der Waals surface area (Å²) in [6.07, 6.45) is 4.09. The molecule has 0 aromatic carbocycles. The zero-order chi connectivity index (χ0) is 21.4. The van der Waals surface area contributed by atoms with Crippen LogP contribution in [0.1, 0.15) is 39.0 Å². The predicted molar refractivity (Wildman–Crippen MR) is 117 cm³/mol. The summed E-state index contributed by atoms with van der Waals surface area (Å²) >= 11 is 1.51. The first-order valence-corrected chi connectivity index (χ1v) is 13.6. The summed E-state index contributed by atoms with van der Waals surface area (Å²) in [7, 11) is -2.01. The number of fused-ring (bicyclic) bond motifs is 1. The molecule has 9 heteroatoms. The van der Waals surface area contributed by atoms with Crippen LogP contribution in [0.4, 0.5) is 4.79 Å². The van der Waals surface area contributed by atoms with Crippen LogP contribution in [-0.4, -0.2) is 59.1 Å². The molecule has 0 radical (unpaired) electrons. The molecule has 1 aliphatic heterocycles. The minimum Gasteiger partial charge on any atom is -0.445 e. The monoisotopic (exact) mass is 437 g/mol. The average molecular weight is 438 g/mol. The third-order valence-electron chi connectivity index (χ3n) is 5.98. The minimum absolute atomic E-state index is 0.0637. The number of carbonyl (C=O) groups excluding carboxylic acids is 1. The maximum absolute atomic E-state index is 12.7. The van der Waals surface area contributed by atoms with E-state index in [-0.39, 0.29) is 17.7 Å². The number of nitrogens with zero attached hydrogens (tertiary/aromatic N) is 3. The zero-order valence-electron chi connectivity index (χ0n) is 17.8. The molecule has 160 valence electrons. The number of ether oxygens (including phenoxy) is 1. The van der Waals surface area contributed by atoms with E-state index in [0.29, 0.717) is 13.0 Å². The van der Waals surface area contributed by atoms with Crippen LogP contribution in [0.5, 0.6) is 0 Å². The van der Waals surface area contributed by atoms with Crippen LogP contribution in [0.3, 0.4) is 0 Å². The molecule has 29 heavy (non-hydrogen) atoms. The average Bonchev–Trinajstić information content (AvgIpc) is 3.32. The Bertz CT molecular complexity index is 873. The van der Waals surface area contributed by atoms with Crippen molar-refractivity contribution >= 4 is 30.6 Å². The largest absolute Gasteiger partial charge is 0.445 e. The number of hydrogen-bond donors (Lipinski definition) is 1. The number of aliphatic hydroxyl groups excluding tert-OH is 1. The van der Waals surface area contributed by atoms with E-state index in [1.165, 1.54) is 17.4 Å². The second kappa shape index (κ2) is 8.21. The summed E-state index contributed by atoms with van der Waals surface area (Å²) in [4.78, 5) is 19.4. The molecule has 2 aromatic rings. The van der Waals surface area contributed by atoms with Gasteiger partial charge in [-0.1, -0.05) is 33.4 Å². The highest BCUT2D eigenvalue weighted by Gasteiger charge is 2.46. The molecular weight excluding hydrogens is 406 g/mol. The van der Waals surface area contributed by atoms with Crippen LogP contribution in [0.25, 0.3) is 4.83 Å². The molecule has 3 atom stereocenters. The highest BCUT2D eigenvalue weighted by Crippen LogP contribution is 2.40. The Hall–Kier alpha value is -1.68. The first-order chi connectivity index (χ1) is 13.5. The van der Waals surface area contributed by atoms with E-state index in [4.69, 9.17) is 9.16 Å². The third-order valence-corrected chi connectivity index (χ3v) is 11.4. The summed E-state index contributed by atoms with van der Waals surface area (Å²) < 4.78 is 13.7. The Labute approximate surface area is 177 Å². The molecule has 1 saturated heterocycles. The zero-order valence-corrected chi connectivity index (χ0v) is 19.6. The van der Waals surface area contributed by atoms with Gasteiger partial charge < -0.3 is 14.3 Å². The fraction of sp³-hybridized carbons (Fsp3) is 0.600. The lowest BCUT2D eigenvalue weighted by molar-refractivity contribution is 0.0529. The Morgan fingerprint density at radius 1 is 1.52 bits per heavy atom. The third kappa shape index (κ3) is 4.42. The van der Waals surface area contributed by atoms with Crippen molar-refractivity contribution in [3.8, 4) is 0 Å². The van der Waals surface area contributed by atoms with Crippen LogP contribution in [0, 0.1) is 0 Å². The normalized spacial score (nSPS) is 21.5. The molecule has 1 N–H and O–H groups in total. The Kier molecular flexibility index (Phi) is 6.23. The lowest BCUT2D eigenvalue weighted by atomic mass is 10.1. The lowest BCUT2D eigenvalue weighted by Crippen LogP contribution is -2.45. The summed E-state index contributed by atoms with van der Waals surface area (Å²) in [5, 5.41) is 13.2. The van der Waals surface area contributed by atoms with E-state index < -0.39 is 26.6 Å². The van der Waals surface area contributed by atoms with Crippen molar-refractivity contribution < 1.29 is 19.1 Å². The van der Waals surface area contributed by atoms with Gasteiger partial charge in [-0.25, -0.2) is 9.78 Å². The van der Waals surface area contributed by atoms with E-state index in [2.05, 4.69) is 45.4 Å². The van der Waals surface area contributed by atoms with Gasteiger partial charge in [0.2, 0.25) is 0 Å². The van der Waals surface area contributed by atoms with Crippen molar-refractivity contribution in [2.24, 2.45) is 0 Å². The maximum Gasteiger partial charge on any atom is 0.410 e. The topological polar surface area (TPSA) is 76.3 Å². The quantitative estimate of drug-likeness (QED) is 0.541. The van der Waals surface area contributed by atoms with Crippen LogP contribution < -0.4 is 0 Å². The predicted octanol–water partition coefficient (Wildman–Crippen LogP) is 4.22. The molecule has 0 saturated carbocycles. The van der Waals surface area contributed by atoms with Crippen molar-refractivity contribution in [2.45, 2.75) is 63.6 Å². The first kappa shape index (κ1) is 22.0. The van der Waals surface area contributed by atoms with Gasteiger partial charge in [-0.3, -0.25) is 9.30 Å². The second-order valence-electron chi connectivity index (χ2n) is 9.03. The molecule has 7 nitrogen and oxygen atoms in total. The number of carbonyl (C=O) groups is 1. The smallest absolute Gasteiger partial charge is 0.410 e. The van der Waals surface area contributed by atoms with Gasteiger partial charge in [0.05, 0.1) is 24.0 Å². The van der Waals surface area contributed by atoms with Gasteiger partial charge in [-0.2, -0.15) is 0 Å². The molecule has 0 bridgehead atoms. The van der Waals surface area contributed by atoms with Gasteiger partial charge in [-0.05, 0) is 24.6 Å². The number of imidazole rings is 1. The first-order valence-electron chi connectivity index (χ1n) is 9.85. The molecule has 1 amide bonds. The van der Waals surface area contributed by atoms with Crippen LogP contribution >= 0.6 is 11.3 Å². The SMILES string of the molecule is C=CCOC(=O)N1C[C@H](O[Si](C)(C)C(C)(C)C)C[C@H]1C(O)c1csc2cncn12. The molecule has 2 aromatic heterocycles. The highest BCUT2D eigenvalue weighted by atomic mass is 32.1. The molecule has 1 aliphatic rings. The van der Waals surface area contributed by atoms with E-state index >= 15 is 0 Å². The number of hydrogen-bond acceptors (Lipinski definition) is 6. The fourth-order valence-corrected chi connectivity index (χ4v) is 5.62. The molecule has 1 fully saturated rings. The molecule has 0 aliphatic carbocycles. The van der Waals surface area contributed by atoms with E-state index in [1.807, 2.05) is 9.78 Å². The molecule has 0 spiro atoms. The fourth-order valence-electron chi connectivity index (χ4n) is 3.38. The van der Waals surface area contributed by atoms with Crippen LogP contribution in [0.2, 0.25) is 18.1 Å². The number of amides is 1. The van der Waals surface area contributed by atoms with Gasteiger partial charge in [0, 0.05) is 11.9 Å². The minimum atomic E-state index is -2.01. The summed E-state index contributed by atoms with van der Waals surface area (Å²) in [5.74, 6) is 0.